The number of hydrogen-bond acceptors (Lipinski definition) is 4. The van der Waals surface area contributed by atoms with E-state index in [1.54, 1.807) is 11.3 Å². The van der Waals surface area contributed by atoms with E-state index in [2.05, 4.69) is 40.0 Å². The van der Waals surface area contributed by atoms with Crippen LogP contribution in [0.15, 0.2) is 5.38 Å². The van der Waals surface area contributed by atoms with Gasteiger partial charge in [0, 0.05) is 29.8 Å². The Labute approximate surface area is 156 Å². The first kappa shape index (κ1) is 21.4. The number of thiazole rings is 1. The average molecular weight is 374 g/mol. The van der Waals surface area contributed by atoms with Gasteiger partial charge in [-0.25, -0.2) is 4.98 Å². The quantitative estimate of drug-likeness (QED) is 0.869. The number of nitrogens with zero attached hydrogens (tertiary/aromatic N) is 2. The third-order valence-corrected chi connectivity index (χ3v) is 6.00. The molecule has 1 amide bonds. The van der Waals surface area contributed by atoms with Crippen LogP contribution in [0, 0.1) is 5.92 Å². The summed E-state index contributed by atoms with van der Waals surface area (Å²) in [5.74, 6) is 0.848. The molecule has 1 aromatic heterocycles. The maximum absolute atomic E-state index is 12.5. The van der Waals surface area contributed by atoms with E-state index in [0.29, 0.717) is 5.92 Å². The highest BCUT2D eigenvalue weighted by molar-refractivity contribution is 7.09. The summed E-state index contributed by atoms with van der Waals surface area (Å²) in [6.07, 6.45) is 2.93. The number of rotatable bonds is 4. The largest absolute Gasteiger partial charge is 0.341 e. The van der Waals surface area contributed by atoms with Crippen molar-refractivity contribution in [2.24, 2.45) is 11.7 Å². The molecule has 1 aliphatic heterocycles. The third kappa shape index (κ3) is 4.93. The van der Waals surface area contributed by atoms with Gasteiger partial charge < -0.3 is 10.6 Å². The van der Waals surface area contributed by atoms with Crippen molar-refractivity contribution in [2.75, 3.05) is 13.1 Å². The van der Waals surface area contributed by atoms with E-state index >= 15 is 0 Å². The Hall–Kier alpha value is -0.650. The molecule has 1 fully saturated rings. The number of halogens is 1. The zero-order chi connectivity index (χ0) is 17.2. The Balaban J connectivity index is 0.00000288. The zero-order valence-electron chi connectivity index (χ0n) is 15.5. The SMILES string of the molecule is CCC(C)C(N)C(=O)N1CCC(c2nc(C(C)(C)C)cs2)CC1.Cl. The highest BCUT2D eigenvalue weighted by Crippen LogP contribution is 2.33. The normalized spacial score (nSPS) is 18.8. The van der Waals surface area contributed by atoms with Crippen LogP contribution in [-0.2, 0) is 10.2 Å². The number of likely N-dealkylation sites (tertiary alicyclic amines) is 1. The minimum absolute atomic E-state index is 0. The standard InChI is InChI=1S/C18H31N3OS.ClH/c1-6-12(2)15(19)17(22)21-9-7-13(8-10-21)16-20-14(11-23-16)18(3,4)5;/h11-13,15H,6-10,19H2,1-5H3;1H. The van der Waals surface area contributed by atoms with Gasteiger partial charge in [0.05, 0.1) is 16.7 Å². The van der Waals surface area contributed by atoms with Crippen LogP contribution in [0.1, 0.15) is 70.5 Å². The molecule has 2 unspecified atom stereocenters. The fourth-order valence-electron chi connectivity index (χ4n) is 2.87. The summed E-state index contributed by atoms with van der Waals surface area (Å²) < 4.78 is 0. The van der Waals surface area contributed by atoms with Crippen molar-refractivity contribution in [1.82, 2.24) is 9.88 Å². The van der Waals surface area contributed by atoms with E-state index in [-0.39, 0.29) is 35.7 Å². The molecule has 2 atom stereocenters. The Morgan fingerprint density at radius 3 is 2.46 bits per heavy atom. The van der Waals surface area contributed by atoms with Gasteiger partial charge in [0.25, 0.3) is 0 Å². The lowest BCUT2D eigenvalue weighted by Gasteiger charge is -2.34. The van der Waals surface area contributed by atoms with E-state index in [4.69, 9.17) is 10.7 Å². The molecule has 0 radical (unpaired) electrons. The van der Waals surface area contributed by atoms with Crippen molar-refractivity contribution in [1.29, 1.82) is 0 Å². The summed E-state index contributed by atoms with van der Waals surface area (Å²) in [7, 11) is 0. The van der Waals surface area contributed by atoms with Crippen LogP contribution in [0.25, 0.3) is 0 Å². The number of hydrogen-bond donors (Lipinski definition) is 1. The second kappa shape index (κ2) is 8.63. The number of amides is 1. The number of aromatic nitrogens is 1. The van der Waals surface area contributed by atoms with Crippen LogP contribution in [0.3, 0.4) is 0 Å². The molecule has 6 heteroatoms. The lowest BCUT2D eigenvalue weighted by atomic mass is 9.92. The van der Waals surface area contributed by atoms with Crippen LogP contribution in [0.5, 0.6) is 0 Å². The Kier molecular flexibility index (Phi) is 7.70. The molecule has 2 N–H and O–H groups in total. The summed E-state index contributed by atoms with van der Waals surface area (Å²) >= 11 is 1.77. The van der Waals surface area contributed by atoms with E-state index in [1.807, 2.05) is 4.90 Å². The summed E-state index contributed by atoms with van der Waals surface area (Å²) in [4.78, 5) is 19.3. The molecule has 2 rings (SSSR count). The molecular weight excluding hydrogens is 342 g/mol. The highest BCUT2D eigenvalue weighted by Gasteiger charge is 2.30. The lowest BCUT2D eigenvalue weighted by Crippen LogP contribution is -2.49. The van der Waals surface area contributed by atoms with Gasteiger partial charge in [-0.3, -0.25) is 4.79 Å². The van der Waals surface area contributed by atoms with Crippen molar-refractivity contribution < 1.29 is 4.79 Å². The Bertz CT molecular complexity index is 533. The Morgan fingerprint density at radius 1 is 1.42 bits per heavy atom. The molecule has 0 spiro atoms. The molecule has 2 heterocycles. The number of nitrogens with two attached hydrogens (primary N) is 1. The number of piperidine rings is 1. The lowest BCUT2D eigenvalue weighted by molar-refractivity contribution is -0.134. The van der Waals surface area contributed by atoms with Gasteiger partial charge in [-0.05, 0) is 18.8 Å². The monoisotopic (exact) mass is 373 g/mol. The van der Waals surface area contributed by atoms with E-state index in [0.717, 1.165) is 32.4 Å². The summed E-state index contributed by atoms with van der Waals surface area (Å²) in [5.41, 5.74) is 7.38. The molecule has 0 aromatic carbocycles. The molecule has 0 aliphatic carbocycles. The predicted octanol–water partition coefficient (Wildman–Crippen LogP) is 3.94. The van der Waals surface area contributed by atoms with Crippen molar-refractivity contribution in [3.05, 3.63) is 16.1 Å². The zero-order valence-corrected chi connectivity index (χ0v) is 17.2. The first-order valence-corrected chi connectivity index (χ1v) is 9.62. The first-order valence-electron chi connectivity index (χ1n) is 8.74. The van der Waals surface area contributed by atoms with Crippen LogP contribution in [0.4, 0.5) is 0 Å². The van der Waals surface area contributed by atoms with Crippen LogP contribution in [0.2, 0.25) is 0 Å². The van der Waals surface area contributed by atoms with Gasteiger partial charge in [-0.15, -0.1) is 23.7 Å². The molecule has 0 bridgehead atoms. The van der Waals surface area contributed by atoms with Crippen molar-refractivity contribution in [3.8, 4) is 0 Å². The van der Waals surface area contributed by atoms with Crippen molar-refractivity contribution >= 4 is 29.7 Å². The summed E-state index contributed by atoms with van der Waals surface area (Å²) in [6, 6.07) is -0.357. The fraction of sp³-hybridized carbons (Fsp3) is 0.778. The van der Waals surface area contributed by atoms with Gasteiger partial charge >= 0.3 is 0 Å². The molecule has 24 heavy (non-hydrogen) atoms. The van der Waals surface area contributed by atoms with Crippen LogP contribution < -0.4 is 5.73 Å². The minimum atomic E-state index is -0.357. The molecule has 1 saturated heterocycles. The Morgan fingerprint density at radius 2 is 2.00 bits per heavy atom. The molecule has 0 saturated carbocycles. The highest BCUT2D eigenvalue weighted by atomic mass is 35.5. The van der Waals surface area contributed by atoms with E-state index < -0.39 is 0 Å². The second-order valence-electron chi connectivity index (χ2n) is 7.83. The van der Waals surface area contributed by atoms with Crippen LogP contribution in [-0.4, -0.2) is 34.9 Å². The van der Waals surface area contributed by atoms with Gasteiger partial charge in [0.2, 0.25) is 5.91 Å². The predicted molar refractivity (Wildman–Crippen MR) is 104 cm³/mol. The summed E-state index contributed by atoms with van der Waals surface area (Å²) in [6.45, 7) is 12.3. The molecule has 1 aliphatic rings. The third-order valence-electron chi connectivity index (χ3n) is 4.99. The summed E-state index contributed by atoms with van der Waals surface area (Å²) in [5, 5.41) is 3.42. The first-order chi connectivity index (χ1) is 10.7. The van der Waals surface area contributed by atoms with Gasteiger partial charge in [-0.2, -0.15) is 0 Å². The van der Waals surface area contributed by atoms with Gasteiger partial charge in [-0.1, -0.05) is 41.0 Å². The number of carbonyl (C=O) groups is 1. The van der Waals surface area contributed by atoms with Gasteiger partial charge in [0.1, 0.15) is 0 Å². The van der Waals surface area contributed by atoms with Crippen molar-refractivity contribution in [3.63, 3.8) is 0 Å². The molecule has 1 aromatic rings. The van der Waals surface area contributed by atoms with E-state index in [1.165, 1.54) is 10.7 Å². The molecular formula is C18H32ClN3OS. The molecule has 138 valence electrons. The minimum Gasteiger partial charge on any atom is -0.341 e. The smallest absolute Gasteiger partial charge is 0.239 e. The van der Waals surface area contributed by atoms with Gasteiger partial charge in [0.15, 0.2) is 0 Å². The van der Waals surface area contributed by atoms with Crippen LogP contribution >= 0.6 is 23.7 Å². The number of carbonyl (C=O) groups excluding carboxylic acids is 1. The van der Waals surface area contributed by atoms with E-state index in [9.17, 15) is 4.79 Å². The second-order valence-corrected chi connectivity index (χ2v) is 8.72. The fourth-order valence-corrected chi connectivity index (χ4v) is 4.09. The maximum Gasteiger partial charge on any atom is 0.239 e. The maximum atomic E-state index is 12.5. The topological polar surface area (TPSA) is 59.2 Å². The molecule has 4 nitrogen and oxygen atoms in total. The van der Waals surface area contributed by atoms with Crippen molar-refractivity contribution in [2.45, 2.75) is 71.3 Å². The average Bonchev–Trinajstić information content (AvgIpc) is 3.03.